The predicted octanol–water partition coefficient (Wildman–Crippen LogP) is 2.24. The molecular formula is C13H22N2O2S2. The molecule has 1 fully saturated rings. The molecule has 0 bridgehead atoms. The zero-order valence-corrected chi connectivity index (χ0v) is 13.3. The molecule has 1 aliphatic carbocycles. The van der Waals surface area contributed by atoms with Crippen LogP contribution in [0.2, 0.25) is 0 Å². The molecule has 0 radical (unpaired) electrons. The van der Waals surface area contributed by atoms with Gasteiger partial charge in [0, 0.05) is 17.5 Å². The van der Waals surface area contributed by atoms with Crippen LogP contribution in [0.15, 0.2) is 10.3 Å². The number of hydrogen-bond donors (Lipinski definition) is 2. The van der Waals surface area contributed by atoms with Crippen LogP contribution in [0.3, 0.4) is 0 Å². The average Bonchev–Trinajstić information content (AvgIpc) is 2.66. The van der Waals surface area contributed by atoms with Crippen LogP contribution in [0.5, 0.6) is 0 Å². The summed E-state index contributed by atoms with van der Waals surface area (Å²) in [6, 6.07) is 1.90. The lowest BCUT2D eigenvalue weighted by atomic mass is 9.83. The van der Waals surface area contributed by atoms with Gasteiger partial charge in [0.25, 0.3) is 0 Å². The van der Waals surface area contributed by atoms with E-state index < -0.39 is 10.0 Å². The quantitative estimate of drug-likeness (QED) is 0.847. The molecule has 0 aliphatic heterocycles. The van der Waals surface area contributed by atoms with Gasteiger partial charge in [0.15, 0.2) is 0 Å². The summed E-state index contributed by atoms with van der Waals surface area (Å²) in [5.41, 5.74) is 1.05. The number of sulfonamides is 1. The lowest BCUT2D eigenvalue weighted by Gasteiger charge is -2.32. The van der Waals surface area contributed by atoms with Crippen molar-refractivity contribution in [3.8, 4) is 0 Å². The third-order valence-electron chi connectivity index (χ3n) is 3.49. The minimum atomic E-state index is -3.33. The SMILES string of the molecule is CCNCc1sc(S(=O)(=O)NC2CC(C)C2)cc1C. The highest BCUT2D eigenvalue weighted by Crippen LogP contribution is 2.30. The molecule has 1 aromatic heterocycles. The number of thiophene rings is 1. The Labute approximate surface area is 119 Å². The van der Waals surface area contributed by atoms with Crippen LogP contribution in [0, 0.1) is 12.8 Å². The third-order valence-corrected chi connectivity index (χ3v) is 6.73. The minimum absolute atomic E-state index is 0.125. The summed E-state index contributed by atoms with van der Waals surface area (Å²) in [6.45, 7) is 7.78. The van der Waals surface area contributed by atoms with Gasteiger partial charge in [-0.2, -0.15) is 0 Å². The van der Waals surface area contributed by atoms with Gasteiger partial charge < -0.3 is 5.32 Å². The first-order valence-electron chi connectivity index (χ1n) is 6.74. The van der Waals surface area contributed by atoms with Gasteiger partial charge in [-0.3, -0.25) is 0 Å². The first-order valence-corrected chi connectivity index (χ1v) is 9.04. The van der Waals surface area contributed by atoms with Crippen molar-refractivity contribution in [1.29, 1.82) is 0 Å². The minimum Gasteiger partial charge on any atom is -0.312 e. The summed E-state index contributed by atoms with van der Waals surface area (Å²) in [4.78, 5) is 1.10. The van der Waals surface area contributed by atoms with E-state index >= 15 is 0 Å². The van der Waals surface area contributed by atoms with Gasteiger partial charge in [0.05, 0.1) is 0 Å². The van der Waals surface area contributed by atoms with E-state index in [1.54, 1.807) is 6.07 Å². The Morgan fingerprint density at radius 2 is 2.11 bits per heavy atom. The molecule has 0 atom stereocenters. The summed E-state index contributed by atoms with van der Waals surface area (Å²) in [7, 11) is -3.33. The Morgan fingerprint density at radius 1 is 1.42 bits per heavy atom. The maximum Gasteiger partial charge on any atom is 0.250 e. The van der Waals surface area contributed by atoms with E-state index in [-0.39, 0.29) is 6.04 Å². The molecule has 0 spiro atoms. The van der Waals surface area contributed by atoms with Gasteiger partial charge in [-0.1, -0.05) is 13.8 Å². The van der Waals surface area contributed by atoms with Crippen molar-refractivity contribution in [3.63, 3.8) is 0 Å². The Morgan fingerprint density at radius 3 is 2.68 bits per heavy atom. The molecule has 4 nitrogen and oxygen atoms in total. The highest BCUT2D eigenvalue weighted by molar-refractivity contribution is 7.91. The summed E-state index contributed by atoms with van der Waals surface area (Å²) in [5, 5.41) is 3.23. The first kappa shape index (κ1) is 15.0. The summed E-state index contributed by atoms with van der Waals surface area (Å²) in [5.74, 6) is 0.641. The molecule has 2 N–H and O–H groups in total. The van der Waals surface area contributed by atoms with Gasteiger partial charge in [0.1, 0.15) is 4.21 Å². The fourth-order valence-electron chi connectivity index (χ4n) is 2.31. The van der Waals surface area contributed by atoms with Crippen molar-refractivity contribution in [2.45, 2.75) is 50.4 Å². The van der Waals surface area contributed by atoms with Crippen molar-refractivity contribution < 1.29 is 8.42 Å². The largest absolute Gasteiger partial charge is 0.312 e. The lowest BCUT2D eigenvalue weighted by molar-refractivity contribution is 0.270. The van der Waals surface area contributed by atoms with E-state index in [4.69, 9.17) is 0 Å². The van der Waals surface area contributed by atoms with Gasteiger partial charge in [-0.05, 0) is 43.9 Å². The van der Waals surface area contributed by atoms with Crippen molar-refractivity contribution in [2.24, 2.45) is 5.92 Å². The van der Waals surface area contributed by atoms with E-state index in [1.807, 2.05) is 13.8 Å². The first-order chi connectivity index (χ1) is 8.92. The van der Waals surface area contributed by atoms with E-state index in [0.717, 1.165) is 36.4 Å². The van der Waals surface area contributed by atoms with E-state index in [1.165, 1.54) is 11.3 Å². The number of aryl methyl sites for hydroxylation is 1. The summed E-state index contributed by atoms with van der Waals surface area (Å²) in [6.07, 6.45) is 1.90. The maximum absolute atomic E-state index is 12.3. The number of rotatable bonds is 6. The Bertz CT molecular complexity index is 531. The Hall–Kier alpha value is -0.430. The third kappa shape index (κ3) is 3.56. The lowest BCUT2D eigenvalue weighted by Crippen LogP contribution is -2.43. The highest BCUT2D eigenvalue weighted by Gasteiger charge is 2.30. The second-order valence-corrected chi connectivity index (χ2v) is 8.42. The second kappa shape index (κ2) is 5.91. The number of nitrogens with one attached hydrogen (secondary N) is 2. The monoisotopic (exact) mass is 302 g/mol. The molecule has 0 unspecified atom stereocenters. The van der Waals surface area contributed by atoms with Crippen LogP contribution in [0.4, 0.5) is 0 Å². The molecule has 108 valence electrons. The molecule has 1 aromatic rings. The van der Waals surface area contributed by atoms with Gasteiger partial charge in [-0.25, -0.2) is 13.1 Å². The molecule has 1 heterocycles. The van der Waals surface area contributed by atoms with Crippen molar-refractivity contribution in [1.82, 2.24) is 10.0 Å². The molecule has 19 heavy (non-hydrogen) atoms. The normalized spacial score (nSPS) is 23.3. The molecule has 0 saturated heterocycles. The average molecular weight is 302 g/mol. The molecule has 1 aliphatic rings. The van der Waals surface area contributed by atoms with Crippen LogP contribution in [0.25, 0.3) is 0 Å². The zero-order valence-electron chi connectivity index (χ0n) is 11.7. The second-order valence-electron chi connectivity index (χ2n) is 5.35. The van der Waals surface area contributed by atoms with Crippen LogP contribution in [0.1, 0.15) is 37.1 Å². The summed E-state index contributed by atoms with van der Waals surface area (Å²) >= 11 is 1.37. The van der Waals surface area contributed by atoms with Crippen LogP contribution in [-0.2, 0) is 16.6 Å². The smallest absolute Gasteiger partial charge is 0.250 e. The van der Waals surface area contributed by atoms with Gasteiger partial charge in [0.2, 0.25) is 10.0 Å². The van der Waals surface area contributed by atoms with Gasteiger partial charge in [-0.15, -0.1) is 11.3 Å². The van der Waals surface area contributed by atoms with E-state index in [0.29, 0.717) is 10.1 Å². The molecular weight excluding hydrogens is 280 g/mol. The fourth-order valence-corrected chi connectivity index (χ4v) is 5.15. The molecule has 2 rings (SSSR count). The van der Waals surface area contributed by atoms with Crippen LogP contribution < -0.4 is 10.0 Å². The highest BCUT2D eigenvalue weighted by atomic mass is 32.2. The van der Waals surface area contributed by atoms with Gasteiger partial charge >= 0.3 is 0 Å². The number of hydrogen-bond acceptors (Lipinski definition) is 4. The topological polar surface area (TPSA) is 58.2 Å². The van der Waals surface area contributed by atoms with Crippen LogP contribution >= 0.6 is 11.3 Å². The molecule has 0 aromatic carbocycles. The van der Waals surface area contributed by atoms with E-state index in [9.17, 15) is 8.42 Å². The fraction of sp³-hybridized carbons (Fsp3) is 0.692. The predicted molar refractivity (Wildman–Crippen MR) is 78.9 cm³/mol. The maximum atomic E-state index is 12.3. The van der Waals surface area contributed by atoms with Crippen molar-refractivity contribution >= 4 is 21.4 Å². The molecule has 6 heteroatoms. The zero-order chi connectivity index (χ0) is 14.0. The Kier molecular flexibility index (Phi) is 4.66. The van der Waals surface area contributed by atoms with Crippen molar-refractivity contribution in [3.05, 3.63) is 16.5 Å². The van der Waals surface area contributed by atoms with E-state index in [2.05, 4.69) is 17.0 Å². The summed E-state index contributed by atoms with van der Waals surface area (Å²) < 4.78 is 27.8. The molecule has 0 amide bonds. The Balaban J connectivity index is 2.07. The van der Waals surface area contributed by atoms with Crippen molar-refractivity contribution in [2.75, 3.05) is 6.54 Å². The standard InChI is InChI=1S/C13H22N2O2S2/c1-4-14-8-12-10(3)7-13(18-12)19(16,17)15-11-5-9(2)6-11/h7,9,11,14-15H,4-6,8H2,1-3H3. The van der Waals surface area contributed by atoms with Crippen LogP contribution in [-0.4, -0.2) is 21.0 Å². The molecule has 1 saturated carbocycles.